The number of amides is 1. The van der Waals surface area contributed by atoms with Crippen LogP contribution < -0.4 is 10.1 Å². The number of para-hydroxylation sites is 2. The first-order chi connectivity index (χ1) is 16.2. The maximum absolute atomic E-state index is 12.6. The van der Waals surface area contributed by atoms with E-state index in [1.165, 1.54) is 17.3 Å². The SMILES string of the molecule is COc1ccccc1-n1c(C)nnc1SCC(=O)NCc1ccccc1CN1CCOCC1. The Balaban J connectivity index is 1.36. The van der Waals surface area contributed by atoms with Gasteiger partial charge in [0, 0.05) is 26.2 Å². The number of hydrogen-bond donors (Lipinski definition) is 1. The van der Waals surface area contributed by atoms with Gasteiger partial charge in [0.05, 0.1) is 31.8 Å². The van der Waals surface area contributed by atoms with E-state index in [2.05, 4.69) is 32.5 Å². The molecule has 0 unspecified atom stereocenters. The molecule has 9 heteroatoms. The summed E-state index contributed by atoms with van der Waals surface area (Å²) in [6.45, 7) is 6.66. The highest BCUT2D eigenvalue weighted by Crippen LogP contribution is 2.28. The van der Waals surface area contributed by atoms with E-state index in [-0.39, 0.29) is 11.7 Å². The predicted molar refractivity (Wildman–Crippen MR) is 128 cm³/mol. The molecular formula is C24H29N5O3S. The van der Waals surface area contributed by atoms with Crippen molar-refractivity contribution in [3.63, 3.8) is 0 Å². The Labute approximate surface area is 198 Å². The number of nitrogens with one attached hydrogen (secondary N) is 1. The number of methoxy groups -OCH3 is 1. The average Bonchev–Trinajstić information content (AvgIpc) is 3.22. The maximum atomic E-state index is 12.6. The number of hydrogen-bond acceptors (Lipinski definition) is 7. The monoisotopic (exact) mass is 467 g/mol. The van der Waals surface area contributed by atoms with Gasteiger partial charge >= 0.3 is 0 Å². The smallest absolute Gasteiger partial charge is 0.230 e. The van der Waals surface area contributed by atoms with E-state index in [0.29, 0.717) is 11.7 Å². The van der Waals surface area contributed by atoms with Crippen LogP contribution in [0.2, 0.25) is 0 Å². The second-order valence-electron chi connectivity index (χ2n) is 7.76. The molecule has 8 nitrogen and oxygen atoms in total. The van der Waals surface area contributed by atoms with Crippen molar-refractivity contribution in [3.05, 3.63) is 65.5 Å². The molecule has 0 radical (unpaired) electrons. The molecule has 0 saturated carbocycles. The van der Waals surface area contributed by atoms with E-state index in [0.717, 1.165) is 55.7 Å². The Morgan fingerprint density at radius 3 is 2.61 bits per heavy atom. The van der Waals surface area contributed by atoms with Crippen LogP contribution in [0.1, 0.15) is 17.0 Å². The van der Waals surface area contributed by atoms with Crippen LogP contribution in [-0.4, -0.2) is 64.7 Å². The molecule has 1 aliphatic heterocycles. The summed E-state index contributed by atoms with van der Waals surface area (Å²) in [6.07, 6.45) is 0. The van der Waals surface area contributed by atoms with Gasteiger partial charge in [0.15, 0.2) is 5.16 Å². The van der Waals surface area contributed by atoms with Crippen molar-refractivity contribution in [2.45, 2.75) is 25.2 Å². The molecule has 4 rings (SSSR count). The molecule has 174 valence electrons. The molecular weight excluding hydrogens is 438 g/mol. The van der Waals surface area contributed by atoms with Gasteiger partial charge in [0.25, 0.3) is 0 Å². The van der Waals surface area contributed by atoms with Gasteiger partial charge < -0.3 is 14.8 Å². The highest BCUT2D eigenvalue weighted by atomic mass is 32.2. The van der Waals surface area contributed by atoms with Gasteiger partial charge in [-0.05, 0) is 30.2 Å². The number of aryl methyl sites for hydroxylation is 1. The van der Waals surface area contributed by atoms with E-state index in [1.807, 2.05) is 47.9 Å². The molecule has 0 aliphatic carbocycles. The van der Waals surface area contributed by atoms with Crippen molar-refractivity contribution in [1.82, 2.24) is 25.0 Å². The van der Waals surface area contributed by atoms with E-state index in [9.17, 15) is 4.79 Å². The van der Waals surface area contributed by atoms with Crippen molar-refractivity contribution in [2.75, 3.05) is 39.2 Å². The summed E-state index contributed by atoms with van der Waals surface area (Å²) in [6, 6.07) is 16.0. The summed E-state index contributed by atoms with van der Waals surface area (Å²) in [5.74, 6) is 1.66. The lowest BCUT2D eigenvalue weighted by Gasteiger charge is -2.27. The maximum Gasteiger partial charge on any atom is 0.230 e. The molecule has 0 atom stereocenters. The Kier molecular flexibility index (Phi) is 7.98. The molecule has 1 saturated heterocycles. The van der Waals surface area contributed by atoms with Crippen LogP contribution in [0, 0.1) is 6.92 Å². The lowest BCUT2D eigenvalue weighted by atomic mass is 10.1. The molecule has 33 heavy (non-hydrogen) atoms. The number of benzene rings is 2. The summed E-state index contributed by atoms with van der Waals surface area (Å²) in [4.78, 5) is 15.0. The molecule has 1 fully saturated rings. The fraction of sp³-hybridized carbons (Fsp3) is 0.375. The largest absolute Gasteiger partial charge is 0.495 e. The van der Waals surface area contributed by atoms with Gasteiger partial charge in [-0.2, -0.15) is 0 Å². The molecule has 1 aliphatic rings. The Bertz CT molecular complexity index is 1080. The number of carbonyl (C=O) groups is 1. The average molecular weight is 468 g/mol. The topological polar surface area (TPSA) is 81.5 Å². The minimum Gasteiger partial charge on any atom is -0.495 e. The van der Waals surface area contributed by atoms with Gasteiger partial charge in [-0.15, -0.1) is 10.2 Å². The zero-order valence-corrected chi connectivity index (χ0v) is 19.8. The highest BCUT2D eigenvalue weighted by molar-refractivity contribution is 7.99. The lowest BCUT2D eigenvalue weighted by molar-refractivity contribution is -0.118. The molecule has 2 heterocycles. The third kappa shape index (κ3) is 5.93. The fourth-order valence-corrected chi connectivity index (χ4v) is 4.61. The number of thioether (sulfide) groups is 1. The molecule has 3 aromatic rings. The Morgan fingerprint density at radius 1 is 1.09 bits per heavy atom. The number of carbonyl (C=O) groups excluding carboxylic acids is 1. The Morgan fingerprint density at radius 2 is 1.82 bits per heavy atom. The van der Waals surface area contributed by atoms with Gasteiger partial charge in [0.2, 0.25) is 5.91 Å². The van der Waals surface area contributed by atoms with Crippen LogP contribution in [0.5, 0.6) is 5.75 Å². The summed E-state index contributed by atoms with van der Waals surface area (Å²) in [7, 11) is 1.63. The first-order valence-corrected chi connectivity index (χ1v) is 12.0. The van der Waals surface area contributed by atoms with E-state index in [1.54, 1.807) is 7.11 Å². The third-order valence-electron chi connectivity index (χ3n) is 5.55. The van der Waals surface area contributed by atoms with Crippen molar-refractivity contribution in [2.24, 2.45) is 0 Å². The normalized spacial score (nSPS) is 14.2. The highest BCUT2D eigenvalue weighted by Gasteiger charge is 2.17. The molecule has 0 bridgehead atoms. The van der Waals surface area contributed by atoms with E-state index >= 15 is 0 Å². The molecule has 0 spiro atoms. The van der Waals surface area contributed by atoms with Gasteiger partial charge in [-0.1, -0.05) is 48.2 Å². The van der Waals surface area contributed by atoms with Crippen molar-refractivity contribution < 1.29 is 14.3 Å². The minimum absolute atomic E-state index is 0.0478. The minimum atomic E-state index is -0.0478. The number of morpholine rings is 1. The number of rotatable bonds is 9. The van der Waals surface area contributed by atoms with E-state index < -0.39 is 0 Å². The van der Waals surface area contributed by atoms with Crippen molar-refractivity contribution in [3.8, 4) is 11.4 Å². The zero-order valence-electron chi connectivity index (χ0n) is 19.0. The number of ether oxygens (including phenoxy) is 2. The van der Waals surface area contributed by atoms with Crippen molar-refractivity contribution in [1.29, 1.82) is 0 Å². The quantitative estimate of drug-likeness (QED) is 0.485. The standard InChI is InChI=1S/C24H29N5O3S/c1-18-26-27-24(29(18)21-9-5-6-10-22(21)31-2)33-17-23(30)25-15-19-7-3-4-8-20(19)16-28-11-13-32-14-12-28/h3-10H,11-17H2,1-2H3,(H,25,30). The number of nitrogens with zero attached hydrogens (tertiary/aromatic N) is 4. The van der Waals surface area contributed by atoms with Crippen LogP contribution in [0.15, 0.2) is 53.7 Å². The van der Waals surface area contributed by atoms with Gasteiger partial charge in [-0.3, -0.25) is 14.3 Å². The third-order valence-corrected chi connectivity index (χ3v) is 6.47. The van der Waals surface area contributed by atoms with Crippen molar-refractivity contribution >= 4 is 17.7 Å². The van der Waals surface area contributed by atoms with Crippen LogP contribution in [-0.2, 0) is 22.6 Å². The fourth-order valence-electron chi connectivity index (χ4n) is 3.79. The first kappa shape index (κ1) is 23.3. The van der Waals surface area contributed by atoms with E-state index in [4.69, 9.17) is 9.47 Å². The summed E-state index contributed by atoms with van der Waals surface area (Å²) < 4.78 is 12.8. The summed E-state index contributed by atoms with van der Waals surface area (Å²) in [5, 5.41) is 12.2. The molecule has 1 aromatic heterocycles. The molecule has 1 N–H and O–H groups in total. The number of aromatic nitrogens is 3. The first-order valence-electron chi connectivity index (χ1n) is 11.0. The van der Waals surface area contributed by atoms with Crippen LogP contribution in [0.25, 0.3) is 5.69 Å². The zero-order chi connectivity index (χ0) is 23.0. The van der Waals surface area contributed by atoms with Gasteiger partial charge in [-0.25, -0.2) is 0 Å². The van der Waals surface area contributed by atoms with Crippen LogP contribution in [0.3, 0.4) is 0 Å². The molecule has 1 amide bonds. The Hall–Kier alpha value is -2.88. The molecule has 2 aromatic carbocycles. The summed E-state index contributed by atoms with van der Waals surface area (Å²) >= 11 is 1.36. The van der Waals surface area contributed by atoms with Crippen LogP contribution >= 0.6 is 11.8 Å². The summed E-state index contributed by atoms with van der Waals surface area (Å²) in [5.41, 5.74) is 3.22. The van der Waals surface area contributed by atoms with Gasteiger partial charge in [0.1, 0.15) is 11.6 Å². The van der Waals surface area contributed by atoms with Crippen LogP contribution in [0.4, 0.5) is 0 Å². The lowest BCUT2D eigenvalue weighted by Crippen LogP contribution is -2.36. The second kappa shape index (κ2) is 11.3. The second-order valence-corrected chi connectivity index (χ2v) is 8.70. The predicted octanol–water partition coefficient (Wildman–Crippen LogP) is 2.83.